The van der Waals surface area contributed by atoms with Crippen LogP contribution in [-0.2, 0) is 11.3 Å². The van der Waals surface area contributed by atoms with Crippen LogP contribution in [0.1, 0.15) is 21.6 Å². The number of nitrogens with zero attached hydrogens (tertiary/aromatic N) is 2. The Balaban J connectivity index is 1.54. The molecule has 6 nitrogen and oxygen atoms in total. The van der Waals surface area contributed by atoms with Crippen LogP contribution < -0.4 is 10.1 Å². The molecule has 8 heteroatoms. The Bertz CT molecular complexity index is 1380. The first-order chi connectivity index (χ1) is 14.9. The Hall–Kier alpha value is -3.35. The molecule has 2 aromatic heterocycles. The van der Waals surface area contributed by atoms with Crippen LogP contribution in [0.4, 0.5) is 5.69 Å². The van der Waals surface area contributed by atoms with E-state index in [0.717, 1.165) is 17.0 Å². The van der Waals surface area contributed by atoms with Gasteiger partial charge in [-0.05, 0) is 42.8 Å². The highest BCUT2D eigenvalue weighted by molar-refractivity contribution is 6.52. The largest absolute Gasteiger partial charge is 0.449 e. The molecule has 3 heterocycles. The first-order valence-electron chi connectivity index (χ1n) is 9.47. The SMILES string of the molecule is Cc1cc(NC(=O)C(=O)c2c(Cl)n(Cc3ccc(Cl)cc3)c3cc4c(cc23)O4)ccn1. The summed E-state index contributed by atoms with van der Waals surface area (Å²) in [5.74, 6) is -0.0921. The molecule has 0 aliphatic carbocycles. The summed E-state index contributed by atoms with van der Waals surface area (Å²) in [5, 5.41) is 4.02. The number of fused-ring (bicyclic) bond motifs is 2. The summed E-state index contributed by atoms with van der Waals surface area (Å²) in [4.78, 5) is 29.9. The number of aromatic nitrogens is 2. The van der Waals surface area contributed by atoms with E-state index in [1.807, 2.05) is 18.2 Å². The van der Waals surface area contributed by atoms with Gasteiger partial charge in [0.15, 0.2) is 11.5 Å². The number of pyridine rings is 1. The van der Waals surface area contributed by atoms with Crippen molar-refractivity contribution in [3.63, 3.8) is 0 Å². The molecule has 2 aromatic carbocycles. The lowest BCUT2D eigenvalue weighted by Gasteiger charge is -2.08. The lowest BCUT2D eigenvalue weighted by Crippen LogP contribution is -2.23. The molecular formula is C23H15Cl2N3O3. The van der Waals surface area contributed by atoms with Gasteiger partial charge < -0.3 is 14.6 Å². The van der Waals surface area contributed by atoms with Crippen LogP contribution in [0.25, 0.3) is 10.9 Å². The molecule has 0 bridgehead atoms. The summed E-state index contributed by atoms with van der Waals surface area (Å²) in [7, 11) is 0. The third-order valence-corrected chi connectivity index (χ3v) is 5.73. The molecule has 1 aliphatic heterocycles. The van der Waals surface area contributed by atoms with Crippen LogP contribution in [0.5, 0.6) is 11.5 Å². The van der Waals surface area contributed by atoms with Crippen molar-refractivity contribution in [3.8, 4) is 11.5 Å². The van der Waals surface area contributed by atoms with E-state index in [9.17, 15) is 9.59 Å². The smallest absolute Gasteiger partial charge is 0.296 e. The Morgan fingerprint density at radius 1 is 1.06 bits per heavy atom. The molecule has 0 spiro atoms. The van der Waals surface area contributed by atoms with E-state index in [2.05, 4.69) is 10.3 Å². The molecule has 31 heavy (non-hydrogen) atoms. The fourth-order valence-corrected chi connectivity index (χ4v) is 4.01. The number of halogens is 2. The van der Waals surface area contributed by atoms with Gasteiger partial charge in [-0.3, -0.25) is 14.6 Å². The predicted octanol–water partition coefficient (Wildman–Crippen LogP) is 5.63. The maximum Gasteiger partial charge on any atom is 0.296 e. The lowest BCUT2D eigenvalue weighted by atomic mass is 10.1. The minimum absolute atomic E-state index is 0.146. The van der Waals surface area contributed by atoms with Crippen LogP contribution in [0, 0.1) is 6.92 Å². The number of hydrogen-bond acceptors (Lipinski definition) is 4. The summed E-state index contributed by atoms with van der Waals surface area (Å²) in [6, 6.07) is 14.2. The Labute approximate surface area is 187 Å². The lowest BCUT2D eigenvalue weighted by molar-refractivity contribution is -0.112. The summed E-state index contributed by atoms with van der Waals surface area (Å²) < 4.78 is 7.20. The van der Waals surface area contributed by atoms with Gasteiger partial charge in [0, 0.05) is 40.6 Å². The summed E-state index contributed by atoms with van der Waals surface area (Å²) >= 11 is 12.6. The van der Waals surface area contributed by atoms with Gasteiger partial charge in [0.25, 0.3) is 11.7 Å². The summed E-state index contributed by atoms with van der Waals surface area (Å²) in [6.45, 7) is 2.21. The van der Waals surface area contributed by atoms with Gasteiger partial charge in [0.05, 0.1) is 11.1 Å². The second-order valence-corrected chi connectivity index (χ2v) is 8.06. The average Bonchev–Trinajstić information content (AvgIpc) is 3.46. The number of carbonyl (C=O) groups is 2. The van der Waals surface area contributed by atoms with Gasteiger partial charge in [0.2, 0.25) is 0 Å². The van der Waals surface area contributed by atoms with Crippen molar-refractivity contribution in [2.45, 2.75) is 13.5 Å². The number of Topliss-reactive ketones (excluding diaryl/α,β-unsaturated/α-hetero) is 1. The number of ketones is 1. The van der Waals surface area contributed by atoms with Gasteiger partial charge >= 0.3 is 0 Å². The van der Waals surface area contributed by atoms with Crippen molar-refractivity contribution >= 4 is 51.5 Å². The van der Waals surface area contributed by atoms with Crippen molar-refractivity contribution in [3.05, 3.63) is 81.7 Å². The Morgan fingerprint density at radius 2 is 1.81 bits per heavy atom. The van der Waals surface area contributed by atoms with E-state index in [1.165, 1.54) is 0 Å². The fraction of sp³-hybridized carbons (Fsp3) is 0.0870. The third-order valence-electron chi connectivity index (χ3n) is 5.09. The van der Waals surface area contributed by atoms with Crippen molar-refractivity contribution in [1.29, 1.82) is 0 Å². The number of ether oxygens (including phenoxy) is 1. The molecule has 154 valence electrons. The highest BCUT2D eigenvalue weighted by Crippen LogP contribution is 2.49. The van der Waals surface area contributed by atoms with Crippen LogP contribution in [0.3, 0.4) is 0 Å². The maximum absolute atomic E-state index is 13.1. The Morgan fingerprint density at radius 3 is 2.55 bits per heavy atom. The van der Waals surface area contributed by atoms with E-state index in [0.29, 0.717) is 33.9 Å². The minimum atomic E-state index is -0.774. The van der Waals surface area contributed by atoms with Gasteiger partial charge in [0.1, 0.15) is 5.15 Å². The van der Waals surface area contributed by atoms with Crippen LogP contribution in [0.2, 0.25) is 10.2 Å². The van der Waals surface area contributed by atoms with Crippen LogP contribution >= 0.6 is 23.2 Å². The standard InChI is InChI=1S/C23H15Cl2N3O3/c1-12-8-15(6-7-26-12)27-23(30)21(29)20-16-9-18-19(31-18)10-17(16)28(22(20)25)11-13-2-4-14(24)5-3-13/h2-10H,11H2,1H3,(H,26,27,30). The Kier molecular flexibility index (Phi) is 4.68. The number of carbonyl (C=O) groups excluding carboxylic acids is 2. The highest BCUT2D eigenvalue weighted by atomic mass is 35.5. The zero-order valence-electron chi connectivity index (χ0n) is 16.3. The fourth-order valence-electron chi connectivity index (χ4n) is 3.54. The van der Waals surface area contributed by atoms with Gasteiger partial charge in [-0.25, -0.2) is 0 Å². The molecule has 1 amide bonds. The molecular weight excluding hydrogens is 437 g/mol. The zero-order chi connectivity index (χ0) is 21.7. The van der Waals surface area contributed by atoms with Gasteiger partial charge in [-0.1, -0.05) is 35.3 Å². The summed E-state index contributed by atoms with van der Waals surface area (Å²) in [6.07, 6.45) is 1.56. The average molecular weight is 452 g/mol. The van der Waals surface area contributed by atoms with Crippen molar-refractivity contribution in [2.75, 3.05) is 5.32 Å². The molecule has 0 unspecified atom stereocenters. The molecule has 0 atom stereocenters. The van der Waals surface area contributed by atoms with Crippen LogP contribution in [0.15, 0.2) is 54.7 Å². The minimum Gasteiger partial charge on any atom is -0.449 e. The van der Waals surface area contributed by atoms with E-state index >= 15 is 0 Å². The molecule has 1 N–H and O–H groups in total. The van der Waals surface area contributed by atoms with E-state index in [4.69, 9.17) is 27.9 Å². The van der Waals surface area contributed by atoms with Crippen LogP contribution in [-0.4, -0.2) is 21.2 Å². The first-order valence-corrected chi connectivity index (χ1v) is 10.2. The van der Waals surface area contributed by atoms with Crippen molar-refractivity contribution in [1.82, 2.24) is 9.55 Å². The third kappa shape index (κ3) is 3.65. The number of amides is 1. The number of benzene rings is 2. The normalized spacial score (nSPS) is 11.7. The van der Waals surface area contributed by atoms with Crippen molar-refractivity contribution in [2.24, 2.45) is 0 Å². The van der Waals surface area contributed by atoms with E-state index in [-0.39, 0.29) is 10.7 Å². The molecule has 0 radical (unpaired) electrons. The molecule has 0 saturated carbocycles. The number of aryl methyl sites for hydroxylation is 1. The van der Waals surface area contributed by atoms with Crippen molar-refractivity contribution < 1.29 is 14.3 Å². The predicted molar refractivity (Wildman–Crippen MR) is 120 cm³/mol. The number of rotatable bonds is 5. The topological polar surface area (TPSA) is 76.5 Å². The molecule has 5 rings (SSSR count). The molecule has 0 saturated heterocycles. The number of anilines is 1. The highest BCUT2D eigenvalue weighted by Gasteiger charge is 2.31. The second kappa shape index (κ2) is 7.41. The molecule has 0 fully saturated rings. The van der Waals surface area contributed by atoms with Gasteiger partial charge in [-0.15, -0.1) is 0 Å². The van der Waals surface area contributed by atoms with E-state index in [1.54, 1.807) is 48.0 Å². The van der Waals surface area contributed by atoms with E-state index < -0.39 is 11.7 Å². The quantitative estimate of drug-likeness (QED) is 0.213. The first kappa shape index (κ1) is 19.6. The van der Waals surface area contributed by atoms with Gasteiger partial charge in [-0.2, -0.15) is 0 Å². The monoisotopic (exact) mass is 451 g/mol. The number of hydrogen-bond donors (Lipinski definition) is 1. The molecule has 1 aliphatic rings. The second-order valence-electron chi connectivity index (χ2n) is 7.27. The maximum atomic E-state index is 13.1. The summed E-state index contributed by atoms with van der Waals surface area (Å²) in [5.41, 5.74) is 3.02. The zero-order valence-corrected chi connectivity index (χ0v) is 17.8. The number of nitrogens with one attached hydrogen (secondary N) is 1. The molecule has 4 aromatic rings.